The van der Waals surface area contributed by atoms with Crippen LogP contribution in [0, 0.1) is 11.7 Å². The molecule has 0 saturated carbocycles. The van der Waals surface area contributed by atoms with Crippen molar-refractivity contribution in [1.82, 2.24) is 5.32 Å². The van der Waals surface area contributed by atoms with Gasteiger partial charge < -0.3 is 5.32 Å². The van der Waals surface area contributed by atoms with E-state index >= 15 is 0 Å². The Morgan fingerprint density at radius 2 is 2.06 bits per heavy atom. The van der Waals surface area contributed by atoms with Gasteiger partial charge in [0.2, 0.25) is 0 Å². The quantitative estimate of drug-likeness (QED) is 0.829. The van der Waals surface area contributed by atoms with Crippen molar-refractivity contribution in [2.75, 3.05) is 11.9 Å². The highest BCUT2D eigenvalue weighted by Crippen LogP contribution is 2.05. The first kappa shape index (κ1) is 13.2. The maximum atomic E-state index is 12.6. The Bertz CT molecular complexity index is 339. The summed E-state index contributed by atoms with van der Waals surface area (Å²) in [4.78, 5) is 11.6. The van der Waals surface area contributed by atoms with Crippen LogP contribution in [0.25, 0.3) is 0 Å². The highest BCUT2D eigenvalue weighted by atomic mass is 79.9. The average Bonchev–Trinajstić information content (AvgIpc) is 2.27. The Labute approximate surface area is 103 Å². The van der Waals surface area contributed by atoms with E-state index in [0.29, 0.717) is 18.0 Å². The first-order chi connectivity index (χ1) is 7.63. The predicted octanol–water partition coefficient (Wildman–Crippen LogP) is 2.98. The first-order valence-corrected chi connectivity index (χ1v) is 6.35. The van der Waals surface area contributed by atoms with E-state index in [1.165, 1.54) is 24.3 Å². The van der Waals surface area contributed by atoms with E-state index in [2.05, 4.69) is 28.2 Å². The Kier molecular flexibility index (Phi) is 5.46. The monoisotopic (exact) mass is 287 g/mol. The second-order valence-corrected chi connectivity index (χ2v) is 4.59. The van der Waals surface area contributed by atoms with Crippen LogP contribution < -0.4 is 5.32 Å². The molecule has 4 heteroatoms. The minimum Gasteiger partial charge on any atom is -0.352 e. The smallest absolute Gasteiger partial charge is 0.251 e. The zero-order chi connectivity index (χ0) is 12.0. The molecule has 0 fully saturated rings. The van der Waals surface area contributed by atoms with Gasteiger partial charge in [-0.05, 0) is 36.6 Å². The fourth-order valence-electron chi connectivity index (χ4n) is 1.26. The van der Waals surface area contributed by atoms with Gasteiger partial charge in [0.1, 0.15) is 5.82 Å². The third kappa shape index (κ3) is 4.31. The lowest BCUT2D eigenvalue weighted by atomic mass is 10.1. The average molecular weight is 288 g/mol. The zero-order valence-electron chi connectivity index (χ0n) is 9.17. The second-order valence-electron chi connectivity index (χ2n) is 3.80. The summed E-state index contributed by atoms with van der Waals surface area (Å²) in [6, 6.07) is 5.55. The van der Waals surface area contributed by atoms with Crippen LogP contribution in [-0.4, -0.2) is 17.8 Å². The SMILES string of the molecule is CC(CCBr)CNC(=O)c1ccc(F)cc1. The zero-order valence-corrected chi connectivity index (χ0v) is 10.8. The van der Waals surface area contributed by atoms with Gasteiger partial charge in [0.15, 0.2) is 0 Å². The number of nitrogens with one attached hydrogen (secondary N) is 1. The summed E-state index contributed by atoms with van der Waals surface area (Å²) in [6.07, 6.45) is 1.02. The van der Waals surface area contributed by atoms with Crippen LogP contribution in [0.1, 0.15) is 23.7 Å². The third-order valence-electron chi connectivity index (χ3n) is 2.32. The van der Waals surface area contributed by atoms with E-state index in [0.717, 1.165) is 11.8 Å². The molecule has 1 aromatic rings. The summed E-state index contributed by atoms with van der Waals surface area (Å²) in [6.45, 7) is 2.72. The number of amides is 1. The lowest BCUT2D eigenvalue weighted by Crippen LogP contribution is -2.28. The molecule has 1 atom stereocenters. The maximum Gasteiger partial charge on any atom is 0.251 e. The largest absolute Gasteiger partial charge is 0.352 e. The van der Waals surface area contributed by atoms with Crippen molar-refractivity contribution >= 4 is 21.8 Å². The number of hydrogen-bond acceptors (Lipinski definition) is 1. The number of carbonyl (C=O) groups excluding carboxylic acids is 1. The summed E-state index contributed by atoms with van der Waals surface area (Å²) in [5.74, 6) is -0.0468. The molecule has 0 aliphatic rings. The maximum absolute atomic E-state index is 12.6. The molecule has 1 amide bonds. The molecule has 1 aromatic carbocycles. The number of halogens is 2. The van der Waals surface area contributed by atoms with Gasteiger partial charge in [-0.1, -0.05) is 22.9 Å². The van der Waals surface area contributed by atoms with E-state index in [4.69, 9.17) is 0 Å². The van der Waals surface area contributed by atoms with Crippen molar-refractivity contribution in [3.63, 3.8) is 0 Å². The van der Waals surface area contributed by atoms with E-state index in [1.54, 1.807) is 0 Å². The van der Waals surface area contributed by atoms with Crippen molar-refractivity contribution in [3.05, 3.63) is 35.6 Å². The van der Waals surface area contributed by atoms with Crippen LogP contribution in [0.15, 0.2) is 24.3 Å². The van der Waals surface area contributed by atoms with E-state index < -0.39 is 0 Å². The van der Waals surface area contributed by atoms with Gasteiger partial charge in [-0.2, -0.15) is 0 Å². The van der Waals surface area contributed by atoms with Crippen molar-refractivity contribution < 1.29 is 9.18 Å². The van der Waals surface area contributed by atoms with Crippen LogP contribution in [0.4, 0.5) is 4.39 Å². The molecule has 2 nitrogen and oxygen atoms in total. The topological polar surface area (TPSA) is 29.1 Å². The summed E-state index contributed by atoms with van der Waals surface area (Å²) in [5.41, 5.74) is 0.493. The van der Waals surface area contributed by atoms with Crippen LogP contribution in [0.5, 0.6) is 0 Å². The van der Waals surface area contributed by atoms with Gasteiger partial charge >= 0.3 is 0 Å². The molecule has 0 bridgehead atoms. The molecule has 16 heavy (non-hydrogen) atoms. The number of rotatable bonds is 5. The van der Waals surface area contributed by atoms with Crippen molar-refractivity contribution in [2.24, 2.45) is 5.92 Å². The molecule has 0 aliphatic heterocycles. The minimum atomic E-state index is -0.329. The molecule has 0 heterocycles. The van der Waals surface area contributed by atoms with Crippen LogP contribution in [0.3, 0.4) is 0 Å². The van der Waals surface area contributed by atoms with E-state index in [9.17, 15) is 9.18 Å². The standard InChI is InChI=1S/C12H15BrFNO/c1-9(6-7-13)8-15-12(16)10-2-4-11(14)5-3-10/h2-5,9H,6-8H2,1H3,(H,15,16). The molecular weight excluding hydrogens is 273 g/mol. The Balaban J connectivity index is 2.43. The lowest BCUT2D eigenvalue weighted by Gasteiger charge is -2.10. The predicted molar refractivity (Wildman–Crippen MR) is 66.3 cm³/mol. The first-order valence-electron chi connectivity index (χ1n) is 5.23. The molecule has 1 unspecified atom stereocenters. The third-order valence-corrected chi connectivity index (χ3v) is 2.78. The number of carbonyl (C=O) groups is 1. The number of benzene rings is 1. The Morgan fingerprint density at radius 3 is 2.62 bits per heavy atom. The minimum absolute atomic E-state index is 0.151. The van der Waals surface area contributed by atoms with Gasteiger partial charge in [-0.25, -0.2) is 4.39 Å². The highest BCUT2D eigenvalue weighted by molar-refractivity contribution is 9.09. The number of hydrogen-bond donors (Lipinski definition) is 1. The summed E-state index contributed by atoms with van der Waals surface area (Å²) in [7, 11) is 0. The summed E-state index contributed by atoms with van der Waals surface area (Å²) in [5, 5.41) is 3.75. The fraction of sp³-hybridized carbons (Fsp3) is 0.417. The van der Waals surface area contributed by atoms with Gasteiger partial charge in [0.05, 0.1) is 0 Å². The molecule has 0 spiro atoms. The van der Waals surface area contributed by atoms with Gasteiger partial charge in [0, 0.05) is 17.4 Å². The van der Waals surface area contributed by atoms with Crippen LogP contribution >= 0.6 is 15.9 Å². The molecule has 0 radical (unpaired) electrons. The summed E-state index contributed by atoms with van der Waals surface area (Å²) >= 11 is 3.36. The van der Waals surface area contributed by atoms with Gasteiger partial charge in [-0.3, -0.25) is 4.79 Å². The van der Waals surface area contributed by atoms with E-state index in [1.807, 2.05) is 0 Å². The normalized spacial score (nSPS) is 12.2. The second kappa shape index (κ2) is 6.63. The van der Waals surface area contributed by atoms with Crippen LogP contribution in [0.2, 0.25) is 0 Å². The number of alkyl halides is 1. The molecule has 1 N–H and O–H groups in total. The molecule has 0 aliphatic carbocycles. The van der Waals surface area contributed by atoms with Crippen molar-refractivity contribution in [1.29, 1.82) is 0 Å². The van der Waals surface area contributed by atoms with Gasteiger partial charge in [0.25, 0.3) is 5.91 Å². The lowest BCUT2D eigenvalue weighted by molar-refractivity contribution is 0.0948. The molecule has 88 valence electrons. The molecule has 0 aromatic heterocycles. The van der Waals surface area contributed by atoms with E-state index in [-0.39, 0.29) is 11.7 Å². The van der Waals surface area contributed by atoms with Gasteiger partial charge in [-0.15, -0.1) is 0 Å². The highest BCUT2D eigenvalue weighted by Gasteiger charge is 2.07. The molecule has 0 saturated heterocycles. The summed E-state index contributed by atoms with van der Waals surface area (Å²) < 4.78 is 12.6. The van der Waals surface area contributed by atoms with Crippen molar-refractivity contribution in [2.45, 2.75) is 13.3 Å². The Hall–Kier alpha value is -0.900. The molecule has 1 rings (SSSR count). The molecular formula is C12H15BrFNO. The fourth-order valence-corrected chi connectivity index (χ4v) is 2.04. The Morgan fingerprint density at radius 1 is 1.44 bits per heavy atom. The van der Waals surface area contributed by atoms with Crippen LogP contribution in [-0.2, 0) is 0 Å². The van der Waals surface area contributed by atoms with Crippen molar-refractivity contribution in [3.8, 4) is 0 Å².